The van der Waals surface area contributed by atoms with Gasteiger partial charge in [0.15, 0.2) is 5.13 Å². The van der Waals surface area contributed by atoms with E-state index in [0.29, 0.717) is 5.13 Å². The Morgan fingerprint density at radius 2 is 2.12 bits per heavy atom. The lowest BCUT2D eigenvalue weighted by molar-refractivity contribution is 0.630. The number of hydrogen-bond donors (Lipinski definition) is 1. The van der Waals surface area contributed by atoms with Crippen LogP contribution < -0.4 is 5.32 Å². The summed E-state index contributed by atoms with van der Waals surface area (Å²) in [6.45, 7) is 0. The van der Waals surface area contributed by atoms with E-state index in [4.69, 9.17) is 0 Å². The van der Waals surface area contributed by atoms with E-state index in [1.807, 2.05) is 18.2 Å². The van der Waals surface area contributed by atoms with Crippen LogP contribution in [0.3, 0.4) is 0 Å². The molecule has 0 spiro atoms. The summed E-state index contributed by atoms with van der Waals surface area (Å²) in [6.07, 6.45) is 1.70. The maximum atomic E-state index is 13.0. The Morgan fingerprint density at radius 1 is 1.18 bits per heavy atom. The van der Waals surface area contributed by atoms with Crippen LogP contribution in [0, 0.1) is 5.82 Å². The summed E-state index contributed by atoms with van der Waals surface area (Å²) in [4.78, 5) is 8.49. The fraction of sp³-hybridized carbons (Fsp3) is 0. The number of nitrogens with zero attached hydrogens (tertiary/aromatic N) is 2. The zero-order valence-corrected chi connectivity index (χ0v) is 9.54. The highest BCUT2D eigenvalue weighted by Gasteiger charge is 2.05. The van der Waals surface area contributed by atoms with E-state index in [0.717, 1.165) is 16.0 Å². The molecule has 2 aromatic heterocycles. The minimum absolute atomic E-state index is 0.245. The molecule has 0 unspecified atom stereocenters. The largest absolute Gasteiger partial charge is 0.316 e. The molecule has 17 heavy (non-hydrogen) atoms. The smallest absolute Gasteiger partial charge is 0.189 e. The zero-order valence-electron chi connectivity index (χ0n) is 8.72. The third-order valence-corrected chi connectivity index (χ3v) is 3.18. The van der Waals surface area contributed by atoms with Crippen molar-refractivity contribution in [3.63, 3.8) is 0 Å². The molecule has 5 heteroatoms. The minimum atomic E-state index is -0.245. The van der Waals surface area contributed by atoms with Crippen molar-refractivity contribution in [2.45, 2.75) is 0 Å². The zero-order chi connectivity index (χ0) is 11.7. The molecule has 0 radical (unpaired) electrons. The molecule has 0 fully saturated rings. The third kappa shape index (κ3) is 2.09. The van der Waals surface area contributed by atoms with Gasteiger partial charge in [0, 0.05) is 6.20 Å². The van der Waals surface area contributed by atoms with Crippen molar-refractivity contribution < 1.29 is 4.39 Å². The van der Waals surface area contributed by atoms with Crippen molar-refractivity contribution in [1.82, 2.24) is 9.97 Å². The van der Waals surface area contributed by atoms with E-state index in [1.165, 1.54) is 23.5 Å². The number of nitrogens with one attached hydrogen (secondary N) is 1. The normalized spacial score (nSPS) is 10.6. The van der Waals surface area contributed by atoms with Crippen LogP contribution in [0.15, 0.2) is 42.6 Å². The van der Waals surface area contributed by atoms with E-state index in [9.17, 15) is 4.39 Å². The van der Waals surface area contributed by atoms with E-state index in [-0.39, 0.29) is 5.82 Å². The van der Waals surface area contributed by atoms with Gasteiger partial charge in [-0.25, -0.2) is 14.4 Å². The SMILES string of the molecule is Fc1ccc2nc(Nc3ccccn3)sc2c1. The number of fused-ring (bicyclic) bond motifs is 1. The molecule has 0 saturated carbocycles. The predicted molar refractivity (Wildman–Crippen MR) is 67.1 cm³/mol. The van der Waals surface area contributed by atoms with Gasteiger partial charge in [0.2, 0.25) is 0 Å². The van der Waals surface area contributed by atoms with Crippen molar-refractivity contribution in [2.24, 2.45) is 0 Å². The number of halogens is 1. The highest BCUT2D eigenvalue weighted by molar-refractivity contribution is 7.22. The molecule has 84 valence electrons. The number of pyridine rings is 1. The Kier molecular flexibility index (Phi) is 2.45. The molecule has 2 heterocycles. The van der Waals surface area contributed by atoms with Crippen LogP contribution >= 0.6 is 11.3 Å². The van der Waals surface area contributed by atoms with Gasteiger partial charge in [0.1, 0.15) is 11.6 Å². The summed E-state index contributed by atoms with van der Waals surface area (Å²) < 4.78 is 13.8. The van der Waals surface area contributed by atoms with Crippen LogP contribution in [0.2, 0.25) is 0 Å². The maximum absolute atomic E-state index is 13.0. The van der Waals surface area contributed by atoms with Crippen LogP contribution in [0.4, 0.5) is 15.3 Å². The first kappa shape index (κ1) is 10.2. The molecule has 1 N–H and O–H groups in total. The Hall–Kier alpha value is -2.01. The summed E-state index contributed by atoms with van der Waals surface area (Å²) in [7, 11) is 0. The number of anilines is 2. The van der Waals surface area contributed by atoms with Crippen molar-refractivity contribution in [2.75, 3.05) is 5.32 Å². The molecule has 3 aromatic rings. The second-order valence-corrected chi connectivity index (χ2v) is 4.50. The molecule has 0 aliphatic carbocycles. The first-order chi connectivity index (χ1) is 8.31. The van der Waals surface area contributed by atoms with Crippen LogP contribution in [0.5, 0.6) is 0 Å². The lowest BCUT2D eigenvalue weighted by atomic mass is 10.3. The maximum Gasteiger partial charge on any atom is 0.189 e. The molecule has 1 aromatic carbocycles. The molecule has 0 saturated heterocycles. The van der Waals surface area contributed by atoms with E-state index < -0.39 is 0 Å². The van der Waals surface area contributed by atoms with Gasteiger partial charge in [0.05, 0.1) is 10.2 Å². The van der Waals surface area contributed by atoms with Crippen molar-refractivity contribution in [3.8, 4) is 0 Å². The van der Waals surface area contributed by atoms with Gasteiger partial charge in [-0.1, -0.05) is 17.4 Å². The molecule has 0 bridgehead atoms. The van der Waals surface area contributed by atoms with Gasteiger partial charge in [0.25, 0.3) is 0 Å². The number of rotatable bonds is 2. The number of benzene rings is 1. The minimum Gasteiger partial charge on any atom is -0.316 e. The topological polar surface area (TPSA) is 37.8 Å². The van der Waals surface area contributed by atoms with E-state index >= 15 is 0 Å². The molecule has 0 atom stereocenters. The van der Waals surface area contributed by atoms with Crippen molar-refractivity contribution in [3.05, 3.63) is 48.4 Å². The third-order valence-electron chi connectivity index (χ3n) is 2.25. The Bertz CT molecular complexity index is 651. The van der Waals surface area contributed by atoms with E-state index in [1.54, 1.807) is 12.3 Å². The summed E-state index contributed by atoms with van der Waals surface area (Å²) in [5.74, 6) is 0.484. The molecule has 0 aliphatic heterocycles. The summed E-state index contributed by atoms with van der Waals surface area (Å²) in [5, 5.41) is 3.80. The van der Waals surface area contributed by atoms with Gasteiger partial charge in [-0.3, -0.25) is 0 Å². The van der Waals surface area contributed by atoms with Crippen molar-refractivity contribution in [1.29, 1.82) is 0 Å². The summed E-state index contributed by atoms with van der Waals surface area (Å²) >= 11 is 1.40. The van der Waals surface area contributed by atoms with Crippen LogP contribution in [-0.2, 0) is 0 Å². The fourth-order valence-electron chi connectivity index (χ4n) is 1.50. The van der Waals surface area contributed by atoms with Gasteiger partial charge in [-0.05, 0) is 30.3 Å². The quantitative estimate of drug-likeness (QED) is 0.750. The number of hydrogen-bond acceptors (Lipinski definition) is 4. The number of thiazole rings is 1. The number of aromatic nitrogens is 2. The first-order valence-electron chi connectivity index (χ1n) is 5.05. The first-order valence-corrected chi connectivity index (χ1v) is 5.87. The summed E-state index contributed by atoms with van der Waals surface area (Å²) in [5.41, 5.74) is 0.787. The average Bonchev–Trinajstić information content (AvgIpc) is 2.71. The second-order valence-electron chi connectivity index (χ2n) is 3.47. The highest BCUT2D eigenvalue weighted by Crippen LogP contribution is 2.28. The van der Waals surface area contributed by atoms with Crippen molar-refractivity contribution >= 4 is 32.5 Å². The second kappa shape index (κ2) is 4.10. The molecule has 3 rings (SSSR count). The highest BCUT2D eigenvalue weighted by atomic mass is 32.1. The van der Waals surface area contributed by atoms with Crippen LogP contribution in [0.1, 0.15) is 0 Å². The molecular formula is C12H8FN3S. The predicted octanol–water partition coefficient (Wildman–Crippen LogP) is 3.57. The summed E-state index contributed by atoms with van der Waals surface area (Å²) in [6, 6.07) is 10.2. The van der Waals surface area contributed by atoms with Gasteiger partial charge in [-0.2, -0.15) is 0 Å². The molecular weight excluding hydrogens is 237 g/mol. The average molecular weight is 245 g/mol. The van der Waals surface area contributed by atoms with Crippen LogP contribution in [-0.4, -0.2) is 9.97 Å². The monoisotopic (exact) mass is 245 g/mol. The van der Waals surface area contributed by atoms with Crippen LogP contribution in [0.25, 0.3) is 10.2 Å². The van der Waals surface area contributed by atoms with Gasteiger partial charge < -0.3 is 5.32 Å². The Morgan fingerprint density at radius 3 is 2.94 bits per heavy atom. The van der Waals surface area contributed by atoms with Gasteiger partial charge >= 0.3 is 0 Å². The lowest BCUT2D eigenvalue weighted by Crippen LogP contribution is -1.90. The molecule has 0 amide bonds. The fourth-order valence-corrected chi connectivity index (χ4v) is 2.40. The molecule has 0 aliphatic rings. The van der Waals surface area contributed by atoms with Gasteiger partial charge in [-0.15, -0.1) is 0 Å². The Balaban J connectivity index is 1.96. The lowest BCUT2D eigenvalue weighted by Gasteiger charge is -1.98. The standard InChI is InChI=1S/C12H8FN3S/c13-8-4-5-9-10(7-8)17-12(15-9)16-11-3-1-2-6-14-11/h1-7H,(H,14,15,16). The Labute approximate surface area is 101 Å². The molecule has 3 nitrogen and oxygen atoms in total. The van der Waals surface area contributed by atoms with E-state index in [2.05, 4.69) is 15.3 Å².